The summed E-state index contributed by atoms with van der Waals surface area (Å²) < 4.78 is 1.03. The molecule has 0 aliphatic rings. The molecule has 0 unspecified atom stereocenters. The van der Waals surface area contributed by atoms with Crippen LogP contribution in [-0.2, 0) is 0 Å². The van der Waals surface area contributed by atoms with Crippen LogP contribution in [0.3, 0.4) is 0 Å². The third kappa shape index (κ3) is 3.99. The van der Waals surface area contributed by atoms with Crippen LogP contribution in [0.4, 0.5) is 17.3 Å². The fourth-order valence-corrected chi connectivity index (χ4v) is 3.88. The molecule has 0 radical (unpaired) electrons. The van der Waals surface area contributed by atoms with Crippen LogP contribution in [0.25, 0.3) is 10.1 Å². The number of fused-ring (bicyclic) bond motifs is 1. The first-order valence-electron chi connectivity index (χ1n) is 9.24. The fraction of sp³-hybridized carbons (Fsp3) is 0.0909. The lowest BCUT2D eigenvalue weighted by molar-refractivity contribution is 0.0961. The molecule has 0 atom stereocenters. The first-order valence-corrected chi connectivity index (χ1v) is 10.1. The van der Waals surface area contributed by atoms with Crippen molar-refractivity contribution in [2.45, 2.75) is 6.92 Å². The van der Waals surface area contributed by atoms with Crippen LogP contribution in [0.5, 0.6) is 0 Å². The molecular weight excluding hydrogens is 398 g/mol. The van der Waals surface area contributed by atoms with Gasteiger partial charge in [-0.3, -0.25) is 9.59 Å². The largest absolute Gasteiger partial charge is 0.355 e. The predicted molar refractivity (Wildman–Crippen MR) is 120 cm³/mol. The summed E-state index contributed by atoms with van der Waals surface area (Å²) in [6, 6.07) is 13.1. The minimum Gasteiger partial charge on any atom is -0.355 e. The number of hydrogen-bond acceptors (Lipinski definition) is 6. The molecule has 3 heterocycles. The Kier molecular flexibility index (Phi) is 5.40. The Bertz CT molecular complexity index is 1230. The highest BCUT2D eigenvalue weighted by molar-refractivity contribution is 7.17. The van der Waals surface area contributed by atoms with Gasteiger partial charge in [0.1, 0.15) is 5.82 Å². The van der Waals surface area contributed by atoms with Crippen molar-refractivity contribution >= 4 is 50.6 Å². The summed E-state index contributed by atoms with van der Waals surface area (Å²) in [7, 11) is 1.54. The number of nitrogens with one attached hydrogen (secondary N) is 3. The van der Waals surface area contributed by atoms with Crippen LogP contribution in [-0.4, -0.2) is 28.8 Å². The zero-order valence-corrected chi connectivity index (χ0v) is 17.2. The maximum atomic E-state index is 13.0. The highest BCUT2D eigenvalue weighted by atomic mass is 32.1. The van der Waals surface area contributed by atoms with Crippen LogP contribution < -0.4 is 16.0 Å². The van der Waals surface area contributed by atoms with Crippen molar-refractivity contribution in [2.75, 3.05) is 17.7 Å². The summed E-state index contributed by atoms with van der Waals surface area (Å²) in [6.07, 6.45) is 3.18. The molecule has 0 saturated heterocycles. The van der Waals surface area contributed by atoms with Gasteiger partial charge in [-0.2, -0.15) is 0 Å². The molecule has 0 fully saturated rings. The zero-order chi connectivity index (χ0) is 21.1. The molecule has 1 aromatic carbocycles. The molecule has 2 amide bonds. The minimum absolute atomic E-state index is 0.275. The van der Waals surface area contributed by atoms with E-state index in [2.05, 4.69) is 25.9 Å². The molecule has 0 bridgehead atoms. The molecule has 150 valence electrons. The summed E-state index contributed by atoms with van der Waals surface area (Å²) in [4.78, 5) is 33.7. The predicted octanol–water partition coefficient (Wildman–Crippen LogP) is 4.36. The highest BCUT2D eigenvalue weighted by Gasteiger charge is 2.17. The first kappa shape index (κ1) is 19.5. The number of aryl methyl sites for hydroxylation is 1. The number of pyridine rings is 2. The van der Waals surface area contributed by atoms with Crippen molar-refractivity contribution in [1.29, 1.82) is 0 Å². The smallest absolute Gasteiger partial charge is 0.257 e. The number of carbonyl (C=O) groups excluding carboxylic acids is 2. The van der Waals surface area contributed by atoms with E-state index in [1.165, 1.54) is 17.5 Å². The summed E-state index contributed by atoms with van der Waals surface area (Å²) in [5.74, 6) is 0.409. The van der Waals surface area contributed by atoms with Gasteiger partial charge < -0.3 is 16.0 Å². The molecule has 0 aliphatic carbocycles. The van der Waals surface area contributed by atoms with Crippen molar-refractivity contribution in [3.8, 4) is 0 Å². The SMILES string of the molecule is CNC(=O)c1cnc(Nc2ccc(C)cn2)c(NC(=O)c2csc3ccccc23)c1. The molecule has 0 spiro atoms. The summed E-state index contributed by atoms with van der Waals surface area (Å²) in [5.41, 5.74) is 2.32. The number of rotatable bonds is 5. The number of nitrogens with zero attached hydrogens (tertiary/aromatic N) is 2. The second-order valence-corrected chi connectivity index (χ2v) is 7.56. The van der Waals surface area contributed by atoms with Gasteiger partial charge in [-0.1, -0.05) is 24.3 Å². The van der Waals surface area contributed by atoms with Crippen molar-refractivity contribution in [3.05, 3.63) is 76.9 Å². The third-order valence-corrected chi connectivity index (χ3v) is 5.47. The van der Waals surface area contributed by atoms with E-state index in [-0.39, 0.29) is 11.8 Å². The normalized spacial score (nSPS) is 10.6. The van der Waals surface area contributed by atoms with Gasteiger partial charge >= 0.3 is 0 Å². The van der Waals surface area contributed by atoms with E-state index >= 15 is 0 Å². The van der Waals surface area contributed by atoms with Crippen LogP contribution in [0.2, 0.25) is 0 Å². The number of benzene rings is 1. The molecule has 7 nitrogen and oxygen atoms in total. The van der Waals surface area contributed by atoms with E-state index in [0.29, 0.717) is 28.5 Å². The highest BCUT2D eigenvalue weighted by Crippen LogP contribution is 2.28. The lowest BCUT2D eigenvalue weighted by Crippen LogP contribution is -2.19. The standard InChI is InChI=1S/C22H19N5O2S/c1-13-7-8-19(24-10-13)27-20-17(9-14(11-25-20)21(28)23-2)26-22(29)16-12-30-18-6-4-3-5-15(16)18/h3-12H,1-2H3,(H,23,28)(H,26,29)(H,24,25,27). The van der Waals surface area contributed by atoms with E-state index in [9.17, 15) is 9.59 Å². The van der Waals surface area contributed by atoms with Crippen LogP contribution in [0, 0.1) is 6.92 Å². The van der Waals surface area contributed by atoms with E-state index < -0.39 is 0 Å². The lowest BCUT2D eigenvalue weighted by atomic mass is 10.1. The first-order chi connectivity index (χ1) is 14.5. The summed E-state index contributed by atoms with van der Waals surface area (Å²) in [5, 5.41) is 11.3. The topological polar surface area (TPSA) is 96.0 Å². The number of anilines is 3. The number of carbonyl (C=O) groups is 2. The summed E-state index contributed by atoms with van der Waals surface area (Å²) >= 11 is 1.51. The molecule has 30 heavy (non-hydrogen) atoms. The number of amides is 2. The lowest BCUT2D eigenvalue weighted by Gasteiger charge is -2.13. The maximum Gasteiger partial charge on any atom is 0.257 e. The van der Waals surface area contributed by atoms with Gasteiger partial charge in [0.25, 0.3) is 11.8 Å². The van der Waals surface area contributed by atoms with E-state index in [1.807, 2.05) is 48.7 Å². The number of thiophene rings is 1. The van der Waals surface area contributed by atoms with Crippen molar-refractivity contribution < 1.29 is 9.59 Å². The van der Waals surface area contributed by atoms with Gasteiger partial charge in [0.2, 0.25) is 0 Å². The third-order valence-electron chi connectivity index (χ3n) is 4.51. The van der Waals surface area contributed by atoms with E-state index in [0.717, 1.165) is 15.6 Å². The Morgan fingerprint density at radius 2 is 1.83 bits per heavy atom. The Morgan fingerprint density at radius 3 is 2.60 bits per heavy atom. The fourth-order valence-electron chi connectivity index (χ4n) is 2.93. The Hall–Kier alpha value is -3.78. The zero-order valence-electron chi connectivity index (χ0n) is 16.4. The molecule has 0 saturated carbocycles. The Balaban J connectivity index is 1.69. The maximum absolute atomic E-state index is 13.0. The molecule has 3 N–H and O–H groups in total. The Labute approximate surface area is 177 Å². The van der Waals surface area contributed by atoms with Gasteiger partial charge in [0.15, 0.2) is 5.82 Å². The van der Waals surface area contributed by atoms with Gasteiger partial charge in [0.05, 0.1) is 16.8 Å². The number of hydrogen-bond donors (Lipinski definition) is 3. The second kappa shape index (κ2) is 8.30. The number of aromatic nitrogens is 2. The molecule has 0 aliphatic heterocycles. The average Bonchev–Trinajstić information content (AvgIpc) is 3.20. The Morgan fingerprint density at radius 1 is 1.00 bits per heavy atom. The second-order valence-electron chi connectivity index (χ2n) is 6.64. The van der Waals surface area contributed by atoms with Gasteiger partial charge in [-0.25, -0.2) is 9.97 Å². The minimum atomic E-state index is -0.293. The van der Waals surface area contributed by atoms with Crippen LogP contribution in [0.1, 0.15) is 26.3 Å². The molecule has 8 heteroatoms. The molecule has 3 aromatic heterocycles. The summed E-state index contributed by atoms with van der Waals surface area (Å²) in [6.45, 7) is 1.95. The molecule has 4 aromatic rings. The molecule has 4 rings (SSSR count). The van der Waals surface area contributed by atoms with Crippen molar-refractivity contribution in [2.24, 2.45) is 0 Å². The quantitative estimate of drug-likeness (QED) is 0.448. The van der Waals surface area contributed by atoms with Crippen molar-refractivity contribution in [3.63, 3.8) is 0 Å². The average molecular weight is 417 g/mol. The van der Waals surface area contributed by atoms with Gasteiger partial charge in [-0.15, -0.1) is 11.3 Å². The van der Waals surface area contributed by atoms with Crippen molar-refractivity contribution in [1.82, 2.24) is 15.3 Å². The van der Waals surface area contributed by atoms with E-state index in [1.54, 1.807) is 19.3 Å². The van der Waals surface area contributed by atoms with Crippen LogP contribution in [0.15, 0.2) is 60.2 Å². The van der Waals surface area contributed by atoms with E-state index in [4.69, 9.17) is 0 Å². The van der Waals surface area contributed by atoms with Gasteiger partial charge in [0, 0.05) is 34.9 Å². The van der Waals surface area contributed by atoms with Crippen LogP contribution >= 0.6 is 11.3 Å². The monoisotopic (exact) mass is 417 g/mol. The molecular formula is C22H19N5O2S. The van der Waals surface area contributed by atoms with Gasteiger partial charge in [-0.05, 0) is 30.7 Å².